The molecule has 0 bridgehead atoms. The number of hydrogen-bond donors (Lipinski definition) is 0. The Labute approximate surface area is 230 Å². The number of alkyl halides is 6. The first-order chi connectivity index (χ1) is 18.9. The Kier molecular flexibility index (Phi) is 8.53. The van der Waals surface area contributed by atoms with Gasteiger partial charge in [0.2, 0.25) is 0 Å². The Morgan fingerprint density at radius 2 is 1.57 bits per heavy atom. The van der Waals surface area contributed by atoms with Crippen LogP contribution in [0.25, 0.3) is 0 Å². The highest BCUT2D eigenvalue weighted by Gasteiger charge is 2.42. The summed E-state index contributed by atoms with van der Waals surface area (Å²) in [5, 5.41) is 0. The van der Waals surface area contributed by atoms with Gasteiger partial charge in [-0.1, -0.05) is 30.3 Å². The van der Waals surface area contributed by atoms with E-state index in [2.05, 4.69) is 4.90 Å². The summed E-state index contributed by atoms with van der Waals surface area (Å²) >= 11 is 0. The minimum atomic E-state index is -4.92. The number of benzene rings is 2. The van der Waals surface area contributed by atoms with Crippen molar-refractivity contribution in [1.82, 2.24) is 4.90 Å². The molecule has 2 aromatic carbocycles. The zero-order valence-corrected chi connectivity index (χ0v) is 22.4. The van der Waals surface area contributed by atoms with E-state index in [0.717, 1.165) is 76.2 Å². The average Bonchev–Trinajstić information content (AvgIpc) is 3.37. The van der Waals surface area contributed by atoms with Gasteiger partial charge >= 0.3 is 12.4 Å². The molecule has 2 aromatic rings. The van der Waals surface area contributed by atoms with Crippen LogP contribution in [-0.4, -0.2) is 50.6 Å². The van der Waals surface area contributed by atoms with Crippen molar-refractivity contribution in [2.75, 3.05) is 39.5 Å². The van der Waals surface area contributed by atoms with E-state index < -0.39 is 35.9 Å². The van der Waals surface area contributed by atoms with Crippen LogP contribution in [0.1, 0.15) is 66.9 Å². The van der Waals surface area contributed by atoms with Gasteiger partial charge in [-0.2, -0.15) is 26.3 Å². The van der Waals surface area contributed by atoms with Crippen molar-refractivity contribution in [1.29, 1.82) is 0 Å². The van der Waals surface area contributed by atoms with Gasteiger partial charge in [-0.3, -0.25) is 0 Å². The standard InChI is InChI=1S/C30H35F6NO3/c1-20(23-15-24(29(31,32)33)17-25(16-23)30(34,35)36)40-27-26(21-5-3-2-4-6-21)22(7-13-39-27)18-37-11-8-28(9-12-37)10-14-38-19-28/h2-6,15-17,20,22,26-27H,7-14,18-19H2,1H3/t20-,22?,26+,27-/m1/s1. The topological polar surface area (TPSA) is 30.9 Å². The maximum atomic E-state index is 13.5. The molecule has 0 radical (unpaired) electrons. The lowest BCUT2D eigenvalue weighted by molar-refractivity contribution is -0.210. The molecule has 4 nitrogen and oxygen atoms in total. The van der Waals surface area contributed by atoms with E-state index in [1.165, 1.54) is 6.92 Å². The van der Waals surface area contributed by atoms with Crippen LogP contribution in [-0.2, 0) is 26.6 Å². The van der Waals surface area contributed by atoms with Crippen molar-refractivity contribution in [2.24, 2.45) is 11.3 Å². The van der Waals surface area contributed by atoms with E-state index in [1.54, 1.807) is 0 Å². The molecular formula is C30H35F6NO3. The van der Waals surface area contributed by atoms with E-state index in [0.29, 0.717) is 6.61 Å². The number of piperidine rings is 1. The zero-order valence-electron chi connectivity index (χ0n) is 22.4. The van der Waals surface area contributed by atoms with Crippen LogP contribution in [0.15, 0.2) is 48.5 Å². The summed E-state index contributed by atoms with van der Waals surface area (Å²) in [6.45, 7) is 6.26. The summed E-state index contributed by atoms with van der Waals surface area (Å²) in [6.07, 6.45) is -7.68. The second-order valence-electron chi connectivity index (χ2n) is 11.4. The van der Waals surface area contributed by atoms with Gasteiger partial charge in [0.05, 0.1) is 30.4 Å². The molecule has 1 spiro atoms. The normalized spacial score (nSPS) is 26.7. The monoisotopic (exact) mass is 571 g/mol. The molecule has 0 aromatic heterocycles. The lowest BCUT2D eigenvalue weighted by Gasteiger charge is -2.44. The molecule has 3 aliphatic heterocycles. The van der Waals surface area contributed by atoms with E-state index >= 15 is 0 Å². The van der Waals surface area contributed by atoms with Crippen LogP contribution in [0.2, 0.25) is 0 Å². The number of likely N-dealkylation sites (tertiary alicyclic amines) is 1. The number of ether oxygens (including phenoxy) is 3. The Morgan fingerprint density at radius 3 is 2.15 bits per heavy atom. The van der Waals surface area contributed by atoms with Gasteiger partial charge < -0.3 is 19.1 Å². The van der Waals surface area contributed by atoms with Gasteiger partial charge in [0.1, 0.15) is 0 Å². The van der Waals surface area contributed by atoms with Crippen LogP contribution in [0.3, 0.4) is 0 Å². The molecule has 3 aliphatic rings. The maximum Gasteiger partial charge on any atom is 0.416 e. The highest BCUT2D eigenvalue weighted by molar-refractivity contribution is 5.35. The van der Waals surface area contributed by atoms with Crippen molar-refractivity contribution in [3.05, 3.63) is 70.8 Å². The highest BCUT2D eigenvalue weighted by atomic mass is 19.4. The molecule has 40 heavy (non-hydrogen) atoms. The van der Waals surface area contributed by atoms with Gasteiger partial charge in [0, 0.05) is 19.1 Å². The molecule has 3 heterocycles. The summed E-state index contributed by atoms with van der Waals surface area (Å²) in [5.74, 6) is -0.0783. The second-order valence-corrected chi connectivity index (χ2v) is 11.4. The third kappa shape index (κ3) is 6.66. The Hall–Kier alpha value is -2.14. The average molecular weight is 572 g/mol. The summed E-state index contributed by atoms with van der Waals surface area (Å²) in [7, 11) is 0. The minimum Gasteiger partial charge on any atom is -0.381 e. The van der Waals surface area contributed by atoms with E-state index in [1.807, 2.05) is 30.3 Å². The Morgan fingerprint density at radius 1 is 0.925 bits per heavy atom. The van der Waals surface area contributed by atoms with Gasteiger partial charge in [0.15, 0.2) is 6.29 Å². The first kappa shape index (κ1) is 29.4. The third-order valence-corrected chi connectivity index (χ3v) is 8.77. The summed E-state index contributed by atoms with van der Waals surface area (Å²) in [5.41, 5.74) is -1.65. The number of nitrogens with zero attached hydrogens (tertiary/aromatic N) is 1. The molecule has 10 heteroatoms. The van der Waals surface area contributed by atoms with Crippen LogP contribution < -0.4 is 0 Å². The minimum absolute atomic E-state index is 0.135. The van der Waals surface area contributed by atoms with Gasteiger partial charge in [-0.25, -0.2) is 0 Å². The smallest absolute Gasteiger partial charge is 0.381 e. The first-order valence-electron chi connectivity index (χ1n) is 13.9. The number of halogens is 6. The van der Waals surface area contributed by atoms with E-state index in [9.17, 15) is 26.3 Å². The number of hydrogen-bond acceptors (Lipinski definition) is 4. The molecule has 0 aliphatic carbocycles. The molecule has 0 N–H and O–H groups in total. The van der Waals surface area contributed by atoms with E-state index in [-0.39, 0.29) is 28.9 Å². The fraction of sp³-hybridized carbons (Fsp3) is 0.600. The fourth-order valence-electron chi connectivity index (χ4n) is 6.35. The fourth-order valence-corrected chi connectivity index (χ4v) is 6.35. The Balaban J connectivity index is 1.36. The molecule has 5 rings (SSSR count). The highest BCUT2D eigenvalue weighted by Crippen LogP contribution is 2.43. The van der Waals surface area contributed by atoms with Gasteiger partial charge in [-0.15, -0.1) is 0 Å². The quantitative estimate of drug-likeness (QED) is 0.337. The largest absolute Gasteiger partial charge is 0.416 e. The SMILES string of the molecule is C[C@@H](O[C@H]1OCCC(CN2CCC3(CCOC3)CC2)[C@@H]1c1ccccc1)c1cc(C(F)(F)F)cc(C(F)(F)F)c1. The van der Waals surface area contributed by atoms with Crippen molar-refractivity contribution >= 4 is 0 Å². The van der Waals surface area contributed by atoms with Crippen LogP contribution >= 0.6 is 0 Å². The molecule has 4 atom stereocenters. The first-order valence-corrected chi connectivity index (χ1v) is 13.9. The molecule has 0 saturated carbocycles. The summed E-state index contributed by atoms with van der Waals surface area (Å²) in [6, 6.07) is 11.3. The van der Waals surface area contributed by atoms with Crippen LogP contribution in [0.5, 0.6) is 0 Å². The van der Waals surface area contributed by atoms with Crippen molar-refractivity contribution in [3.63, 3.8) is 0 Å². The second kappa shape index (κ2) is 11.6. The van der Waals surface area contributed by atoms with Crippen LogP contribution in [0.4, 0.5) is 26.3 Å². The summed E-state index contributed by atoms with van der Waals surface area (Å²) < 4.78 is 98.7. The van der Waals surface area contributed by atoms with Crippen molar-refractivity contribution in [2.45, 2.75) is 63.3 Å². The molecule has 1 unspecified atom stereocenters. The predicted molar refractivity (Wildman–Crippen MR) is 137 cm³/mol. The lowest BCUT2D eigenvalue weighted by Crippen LogP contribution is -2.46. The maximum absolute atomic E-state index is 13.5. The zero-order chi connectivity index (χ0) is 28.5. The van der Waals surface area contributed by atoms with Gasteiger partial charge in [0.25, 0.3) is 0 Å². The van der Waals surface area contributed by atoms with Crippen molar-refractivity contribution < 1.29 is 40.6 Å². The molecule has 3 fully saturated rings. The summed E-state index contributed by atoms with van der Waals surface area (Å²) in [4.78, 5) is 2.46. The molecule has 220 valence electrons. The molecule has 0 amide bonds. The predicted octanol–water partition coefficient (Wildman–Crippen LogP) is 7.45. The third-order valence-electron chi connectivity index (χ3n) is 8.77. The Bertz CT molecular complexity index is 1090. The van der Waals surface area contributed by atoms with Crippen LogP contribution in [0, 0.1) is 11.3 Å². The number of rotatable bonds is 6. The van der Waals surface area contributed by atoms with E-state index in [4.69, 9.17) is 14.2 Å². The molecule has 3 saturated heterocycles. The lowest BCUT2D eigenvalue weighted by atomic mass is 9.77. The van der Waals surface area contributed by atoms with Crippen molar-refractivity contribution in [3.8, 4) is 0 Å². The van der Waals surface area contributed by atoms with Gasteiger partial charge in [-0.05, 0) is 86.4 Å². The molecular weight excluding hydrogens is 536 g/mol.